The second kappa shape index (κ2) is 11.3. The van der Waals surface area contributed by atoms with E-state index in [1.807, 2.05) is 6.92 Å². The highest BCUT2D eigenvalue weighted by atomic mass is 35.5. The van der Waals surface area contributed by atoms with Gasteiger partial charge < -0.3 is 19.5 Å². The molecule has 0 radical (unpaired) electrons. The molecule has 9 nitrogen and oxygen atoms in total. The molecule has 0 unspecified atom stereocenters. The van der Waals surface area contributed by atoms with Crippen molar-refractivity contribution in [2.24, 2.45) is 0 Å². The fourth-order valence-electron chi connectivity index (χ4n) is 3.33. The molecule has 0 saturated carbocycles. The van der Waals surface area contributed by atoms with Crippen molar-refractivity contribution < 1.29 is 32.2 Å². The summed E-state index contributed by atoms with van der Waals surface area (Å²) in [6, 6.07) is 15.2. The van der Waals surface area contributed by atoms with E-state index in [9.17, 15) is 18.0 Å². The minimum atomic E-state index is -4.20. The minimum Gasteiger partial charge on any atom is -0.493 e. The summed E-state index contributed by atoms with van der Waals surface area (Å²) in [7, 11) is -0.153. The third-order valence-corrected chi connectivity index (χ3v) is 7.31. The number of hydrogen-bond donors (Lipinski definition) is 1. The minimum absolute atomic E-state index is 0.0605. The van der Waals surface area contributed by atoms with Crippen LogP contribution in [0.3, 0.4) is 0 Å². The lowest BCUT2D eigenvalue weighted by Crippen LogP contribution is -2.38. The Kier molecular flexibility index (Phi) is 8.44. The Bertz CT molecular complexity index is 1380. The van der Waals surface area contributed by atoms with Gasteiger partial charge in [-0.3, -0.25) is 9.10 Å². The first kappa shape index (κ1) is 26.8. The molecular weight excluding hydrogens is 508 g/mol. The van der Waals surface area contributed by atoms with Crippen LogP contribution in [0.25, 0.3) is 0 Å². The number of carbonyl (C=O) groups excluding carboxylic acids is 2. The van der Waals surface area contributed by atoms with E-state index in [0.717, 1.165) is 9.87 Å². The Morgan fingerprint density at radius 3 is 2.19 bits per heavy atom. The normalized spacial score (nSPS) is 10.9. The summed E-state index contributed by atoms with van der Waals surface area (Å²) in [5, 5.41) is 2.76. The maximum absolute atomic E-state index is 13.7. The van der Waals surface area contributed by atoms with Crippen molar-refractivity contribution in [1.29, 1.82) is 0 Å². The number of amides is 1. The summed E-state index contributed by atoms with van der Waals surface area (Å²) in [4.78, 5) is 24.8. The molecule has 3 aromatic carbocycles. The average molecular weight is 533 g/mol. The smallest absolute Gasteiger partial charge is 0.339 e. The molecule has 1 N–H and O–H groups in total. The van der Waals surface area contributed by atoms with E-state index >= 15 is 0 Å². The van der Waals surface area contributed by atoms with E-state index in [4.69, 9.17) is 25.8 Å². The van der Waals surface area contributed by atoms with E-state index in [2.05, 4.69) is 5.32 Å². The number of benzene rings is 3. The van der Waals surface area contributed by atoms with Gasteiger partial charge in [0.1, 0.15) is 6.54 Å². The first-order valence-electron chi connectivity index (χ1n) is 10.6. The number of hydrogen-bond acceptors (Lipinski definition) is 7. The largest absolute Gasteiger partial charge is 0.493 e. The molecule has 0 aliphatic carbocycles. The first-order chi connectivity index (χ1) is 17.1. The van der Waals surface area contributed by atoms with E-state index in [-0.39, 0.29) is 32.6 Å². The van der Waals surface area contributed by atoms with Crippen molar-refractivity contribution in [2.45, 2.75) is 11.8 Å². The summed E-state index contributed by atoms with van der Waals surface area (Å²) in [6.45, 7) is 1.32. The van der Waals surface area contributed by atoms with Crippen LogP contribution in [-0.4, -0.2) is 48.2 Å². The maximum Gasteiger partial charge on any atom is 0.339 e. The summed E-state index contributed by atoms with van der Waals surface area (Å²) < 4.78 is 43.5. The van der Waals surface area contributed by atoms with Crippen LogP contribution in [0.5, 0.6) is 11.5 Å². The van der Waals surface area contributed by atoms with Crippen LogP contribution in [0, 0.1) is 6.92 Å². The van der Waals surface area contributed by atoms with Crippen LogP contribution in [0.1, 0.15) is 15.9 Å². The molecule has 0 bridgehead atoms. The molecular formula is C25H25ClN2O7S. The lowest BCUT2D eigenvalue weighted by molar-refractivity contribution is -0.114. The van der Waals surface area contributed by atoms with Crippen LogP contribution in [-0.2, 0) is 19.6 Å². The van der Waals surface area contributed by atoms with Gasteiger partial charge in [0.25, 0.3) is 10.0 Å². The van der Waals surface area contributed by atoms with E-state index < -0.39 is 28.4 Å². The van der Waals surface area contributed by atoms with Gasteiger partial charge in [0, 0.05) is 11.8 Å². The molecule has 0 aliphatic rings. The van der Waals surface area contributed by atoms with Crippen molar-refractivity contribution in [3.8, 4) is 11.5 Å². The monoisotopic (exact) mass is 532 g/mol. The van der Waals surface area contributed by atoms with Crippen LogP contribution < -0.4 is 19.1 Å². The first-order valence-corrected chi connectivity index (χ1v) is 12.4. The third kappa shape index (κ3) is 5.89. The van der Waals surface area contributed by atoms with E-state index in [0.29, 0.717) is 5.75 Å². The standard InChI is InChI=1S/C25H25ClN2O7S/c1-16-5-8-18(9-6-16)28(36(31,32)19-10-12-22(33-2)23(14-19)34-3)15-24(29)27-17-7-11-21(26)20(13-17)25(30)35-4/h5-14H,15H2,1-4H3,(H,27,29). The zero-order valence-electron chi connectivity index (χ0n) is 20.1. The second-order valence-electron chi connectivity index (χ2n) is 7.60. The molecule has 190 valence electrons. The molecule has 3 rings (SSSR count). The average Bonchev–Trinajstić information content (AvgIpc) is 2.88. The Hall–Kier alpha value is -3.76. The highest BCUT2D eigenvalue weighted by Gasteiger charge is 2.28. The third-order valence-electron chi connectivity index (χ3n) is 5.21. The molecule has 0 aromatic heterocycles. The molecule has 3 aromatic rings. The molecule has 0 aliphatic heterocycles. The number of ether oxygens (including phenoxy) is 3. The molecule has 11 heteroatoms. The predicted molar refractivity (Wildman–Crippen MR) is 137 cm³/mol. The second-order valence-corrected chi connectivity index (χ2v) is 9.87. The van der Waals surface area contributed by atoms with Gasteiger partial charge in [0.2, 0.25) is 5.91 Å². The summed E-state index contributed by atoms with van der Waals surface area (Å²) in [5.74, 6) is -0.727. The lowest BCUT2D eigenvalue weighted by atomic mass is 10.2. The quantitative estimate of drug-likeness (QED) is 0.409. The van der Waals surface area contributed by atoms with Crippen LogP contribution in [0.4, 0.5) is 11.4 Å². The molecule has 0 heterocycles. The fraction of sp³-hybridized carbons (Fsp3) is 0.200. The van der Waals surface area contributed by atoms with Gasteiger partial charge >= 0.3 is 5.97 Å². The fourth-order valence-corrected chi connectivity index (χ4v) is 4.96. The van der Waals surface area contributed by atoms with Crippen LogP contribution in [0.15, 0.2) is 65.6 Å². The van der Waals surface area contributed by atoms with Crippen molar-refractivity contribution in [2.75, 3.05) is 37.5 Å². The van der Waals surface area contributed by atoms with Gasteiger partial charge in [0.15, 0.2) is 11.5 Å². The number of esters is 1. The van der Waals surface area contributed by atoms with E-state index in [1.165, 1.54) is 57.7 Å². The van der Waals surface area contributed by atoms with Crippen molar-refractivity contribution in [1.82, 2.24) is 0 Å². The van der Waals surface area contributed by atoms with Gasteiger partial charge in [-0.2, -0.15) is 0 Å². The summed E-state index contributed by atoms with van der Waals surface area (Å²) in [5.41, 5.74) is 1.52. The Balaban J connectivity index is 1.97. The highest BCUT2D eigenvalue weighted by Crippen LogP contribution is 2.32. The SMILES string of the molecule is COC(=O)c1cc(NC(=O)CN(c2ccc(C)cc2)S(=O)(=O)c2ccc(OC)c(OC)c2)ccc1Cl. The number of aryl methyl sites for hydroxylation is 1. The molecule has 36 heavy (non-hydrogen) atoms. The number of nitrogens with one attached hydrogen (secondary N) is 1. The number of sulfonamides is 1. The zero-order chi connectivity index (χ0) is 26.5. The number of anilines is 2. The number of methoxy groups -OCH3 is 3. The summed E-state index contributed by atoms with van der Waals surface area (Å²) >= 11 is 6.04. The van der Waals surface area contributed by atoms with Crippen LogP contribution >= 0.6 is 11.6 Å². The molecule has 1 amide bonds. The van der Waals surface area contributed by atoms with E-state index in [1.54, 1.807) is 24.3 Å². The topological polar surface area (TPSA) is 111 Å². The number of nitrogens with zero attached hydrogens (tertiary/aromatic N) is 1. The molecule has 0 atom stereocenters. The van der Waals surface area contributed by atoms with Crippen molar-refractivity contribution in [3.05, 3.63) is 76.8 Å². The molecule has 0 fully saturated rings. The van der Waals surface area contributed by atoms with Gasteiger partial charge in [-0.1, -0.05) is 29.3 Å². The number of carbonyl (C=O) groups is 2. The number of rotatable bonds is 9. The predicted octanol–water partition coefficient (Wildman–Crippen LogP) is 4.29. The summed E-state index contributed by atoms with van der Waals surface area (Å²) in [6.07, 6.45) is 0. The Morgan fingerprint density at radius 1 is 0.917 bits per heavy atom. The van der Waals surface area contributed by atoms with Gasteiger partial charge in [-0.25, -0.2) is 13.2 Å². The van der Waals surface area contributed by atoms with Crippen molar-refractivity contribution >= 4 is 44.9 Å². The van der Waals surface area contributed by atoms with Gasteiger partial charge in [-0.15, -0.1) is 0 Å². The maximum atomic E-state index is 13.7. The molecule has 0 spiro atoms. The lowest BCUT2D eigenvalue weighted by Gasteiger charge is -2.24. The van der Waals surface area contributed by atoms with Crippen molar-refractivity contribution in [3.63, 3.8) is 0 Å². The Morgan fingerprint density at radius 2 is 1.58 bits per heavy atom. The Labute approximate surface area is 214 Å². The van der Waals surface area contributed by atoms with Gasteiger partial charge in [-0.05, 0) is 49.4 Å². The van der Waals surface area contributed by atoms with Crippen LogP contribution in [0.2, 0.25) is 5.02 Å². The molecule has 0 saturated heterocycles. The highest BCUT2D eigenvalue weighted by molar-refractivity contribution is 7.92. The zero-order valence-corrected chi connectivity index (χ0v) is 21.6. The number of halogens is 1. The van der Waals surface area contributed by atoms with Gasteiger partial charge in [0.05, 0.1) is 42.5 Å².